The van der Waals surface area contributed by atoms with Crippen LogP contribution in [0.3, 0.4) is 0 Å². The smallest absolute Gasteiger partial charge is 0.255 e. The highest BCUT2D eigenvalue weighted by molar-refractivity contribution is 6.30. The molecule has 1 saturated heterocycles. The van der Waals surface area contributed by atoms with Gasteiger partial charge in [-0.05, 0) is 67.8 Å². The van der Waals surface area contributed by atoms with Crippen LogP contribution in [0.15, 0.2) is 48.5 Å². The van der Waals surface area contributed by atoms with Crippen molar-refractivity contribution in [2.45, 2.75) is 32.2 Å². The molecule has 7 heteroatoms. The summed E-state index contributed by atoms with van der Waals surface area (Å²) in [6, 6.07) is 12.9. The zero-order chi connectivity index (χ0) is 20.8. The zero-order valence-corrected chi connectivity index (χ0v) is 17.0. The van der Waals surface area contributed by atoms with Crippen molar-refractivity contribution in [2.75, 3.05) is 18.4 Å². The van der Waals surface area contributed by atoms with Gasteiger partial charge in [0.25, 0.3) is 11.8 Å². The first-order chi connectivity index (χ1) is 14.0. The Morgan fingerprint density at radius 2 is 1.69 bits per heavy atom. The van der Waals surface area contributed by atoms with Gasteiger partial charge in [-0.3, -0.25) is 14.4 Å². The van der Waals surface area contributed by atoms with E-state index in [-0.39, 0.29) is 17.7 Å². The fourth-order valence-corrected chi connectivity index (χ4v) is 3.44. The monoisotopic (exact) mass is 413 g/mol. The van der Waals surface area contributed by atoms with E-state index in [0.717, 1.165) is 12.8 Å². The Bertz CT molecular complexity index is 881. The molecule has 1 aliphatic rings. The third-order valence-corrected chi connectivity index (χ3v) is 5.11. The number of nitrogens with zero attached hydrogens (tertiary/aromatic N) is 1. The van der Waals surface area contributed by atoms with Crippen molar-refractivity contribution in [1.29, 1.82) is 0 Å². The van der Waals surface area contributed by atoms with Gasteiger partial charge in [-0.1, -0.05) is 18.5 Å². The maximum absolute atomic E-state index is 12.9. The van der Waals surface area contributed by atoms with Crippen molar-refractivity contribution in [1.82, 2.24) is 10.2 Å². The molecule has 6 nitrogen and oxygen atoms in total. The SMILES string of the molecule is CCCNC(=O)C1CCCN1C(=O)c1ccc(NC(=O)c2ccc(Cl)cc2)cc1. The number of anilines is 1. The molecule has 2 N–H and O–H groups in total. The fraction of sp³-hybridized carbons (Fsp3) is 0.318. The minimum atomic E-state index is -0.418. The van der Waals surface area contributed by atoms with E-state index < -0.39 is 6.04 Å². The van der Waals surface area contributed by atoms with E-state index in [2.05, 4.69) is 10.6 Å². The number of amides is 3. The van der Waals surface area contributed by atoms with Crippen molar-refractivity contribution < 1.29 is 14.4 Å². The van der Waals surface area contributed by atoms with Crippen LogP contribution in [0, 0.1) is 0 Å². The molecule has 3 amide bonds. The Kier molecular flexibility index (Phi) is 6.88. The van der Waals surface area contributed by atoms with Crippen molar-refractivity contribution in [2.24, 2.45) is 0 Å². The van der Waals surface area contributed by atoms with Gasteiger partial charge in [0.05, 0.1) is 0 Å². The molecule has 3 rings (SSSR count). The summed E-state index contributed by atoms with van der Waals surface area (Å²) in [6.45, 7) is 3.17. The van der Waals surface area contributed by atoms with Crippen molar-refractivity contribution in [3.63, 3.8) is 0 Å². The Hall–Kier alpha value is -2.86. The molecular weight excluding hydrogens is 390 g/mol. The van der Waals surface area contributed by atoms with E-state index >= 15 is 0 Å². The zero-order valence-electron chi connectivity index (χ0n) is 16.3. The van der Waals surface area contributed by atoms with Crippen molar-refractivity contribution in [3.8, 4) is 0 Å². The number of nitrogens with one attached hydrogen (secondary N) is 2. The fourth-order valence-electron chi connectivity index (χ4n) is 3.31. The number of likely N-dealkylation sites (tertiary alicyclic amines) is 1. The van der Waals surface area contributed by atoms with Crippen LogP contribution in [0.5, 0.6) is 0 Å². The minimum absolute atomic E-state index is 0.0930. The summed E-state index contributed by atoms with van der Waals surface area (Å²) >= 11 is 5.84. The molecule has 152 valence electrons. The van der Waals surface area contributed by atoms with Crippen LogP contribution in [0.4, 0.5) is 5.69 Å². The normalized spacial score (nSPS) is 15.8. The molecule has 1 unspecified atom stereocenters. The number of carbonyl (C=O) groups excluding carboxylic acids is 3. The third-order valence-electron chi connectivity index (χ3n) is 4.86. The lowest BCUT2D eigenvalue weighted by atomic mass is 10.1. The molecule has 1 heterocycles. The van der Waals surface area contributed by atoms with Crippen LogP contribution in [0.2, 0.25) is 5.02 Å². The van der Waals surface area contributed by atoms with Gasteiger partial charge in [0.15, 0.2) is 0 Å². The molecule has 0 bridgehead atoms. The average molecular weight is 414 g/mol. The first-order valence-electron chi connectivity index (χ1n) is 9.75. The molecule has 0 spiro atoms. The lowest BCUT2D eigenvalue weighted by molar-refractivity contribution is -0.124. The highest BCUT2D eigenvalue weighted by Crippen LogP contribution is 2.21. The number of rotatable bonds is 6. The summed E-state index contributed by atoms with van der Waals surface area (Å²) in [5.41, 5.74) is 1.57. The molecule has 2 aromatic rings. The van der Waals surface area contributed by atoms with E-state index in [1.54, 1.807) is 53.4 Å². The summed E-state index contributed by atoms with van der Waals surface area (Å²) < 4.78 is 0. The lowest BCUT2D eigenvalue weighted by Crippen LogP contribution is -2.46. The van der Waals surface area contributed by atoms with Crippen LogP contribution in [-0.4, -0.2) is 41.8 Å². The third kappa shape index (κ3) is 5.15. The van der Waals surface area contributed by atoms with Gasteiger partial charge in [-0.15, -0.1) is 0 Å². The molecule has 0 aliphatic carbocycles. The van der Waals surface area contributed by atoms with Gasteiger partial charge >= 0.3 is 0 Å². The summed E-state index contributed by atoms with van der Waals surface area (Å²) in [5, 5.41) is 6.23. The molecule has 1 atom stereocenters. The van der Waals surface area contributed by atoms with Gasteiger partial charge in [0, 0.05) is 34.9 Å². The van der Waals surface area contributed by atoms with Gasteiger partial charge in [-0.25, -0.2) is 0 Å². The summed E-state index contributed by atoms with van der Waals surface area (Å²) in [6.07, 6.45) is 2.34. The maximum atomic E-state index is 12.9. The summed E-state index contributed by atoms with van der Waals surface area (Å²) in [5.74, 6) is -0.521. The van der Waals surface area contributed by atoms with Crippen LogP contribution in [0.1, 0.15) is 46.9 Å². The molecule has 2 aromatic carbocycles. The summed E-state index contributed by atoms with van der Waals surface area (Å²) in [4.78, 5) is 39.1. The highest BCUT2D eigenvalue weighted by Gasteiger charge is 2.34. The van der Waals surface area contributed by atoms with Crippen molar-refractivity contribution >= 4 is 35.0 Å². The second-order valence-corrected chi connectivity index (χ2v) is 7.42. The number of benzene rings is 2. The van der Waals surface area contributed by atoms with E-state index in [1.165, 1.54) is 0 Å². The Balaban J connectivity index is 1.64. The first kappa shape index (κ1) is 20.9. The van der Waals surface area contributed by atoms with Gasteiger partial charge < -0.3 is 15.5 Å². The van der Waals surface area contributed by atoms with Crippen LogP contribution >= 0.6 is 11.6 Å². The van der Waals surface area contributed by atoms with E-state index in [9.17, 15) is 14.4 Å². The predicted molar refractivity (Wildman–Crippen MR) is 113 cm³/mol. The maximum Gasteiger partial charge on any atom is 0.255 e. The van der Waals surface area contributed by atoms with Crippen LogP contribution in [-0.2, 0) is 4.79 Å². The molecular formula is C22H24ClN3O3. The molecule has 1 fully saturated rings. The topological polar surface area (TPSA) is 78.5 Å². The minimum Gasteiger partial charge on any atom is -0.354 e. The second-order valence-electron chi connectivity index (χ2n) is 6.99. The molecule has 0 aromatic heterocycles. The lowest BCUT2D eigenvalue weighted by Gasteiger charge is -2.24. The number of hydrogen-bond donors (Lipinski definition) is 2. The van der Waals surface area contributed by atoms with E-state index in [1.807, 2.05) is 6.92 Å². The van der Waals surface area contributed by atoms with E-state index in [0.29, 0.717) is 41.3 Å². The van der Waals surface area contributed by atoms with Gasteiger partial charge in [0.2, 0.25) is 5.91 Å². The predicted octanol–water partition coefficient (Wildman–Crippen LogP) is 3.72. The summed E-state index contributed by atoms with van der Waals surface area (Å²) in [7, 11) is 0. The Morgan fingerprint density at radius 1 is 1.03 bits per heavy atom. The Labute approximate surface area is 175 Å². The van der Waals surface area contributed by atoms with Gasteiger partial charge in [0.1, 0.15) is 6.04 Å². The standard InChI is InChI=1S/C22H24ClN3O3/c1-2-13-24-21(28)19-4-3-14-26(19)22(29)16-7-11-18(12-8-16)25-20(27)15-5-9-17(23)10-6-15/h5-12,19H,2-4,13-14H2,1H3,(H,24,28)(H,25,27). The van der Waals surface area contributed by atoms with Gasteiger partial charge in [-0.2, -0.15) is 0 Å². The first-order valence-corrected chi connectivity index (χ1v) is 10.1. The average Bonchev–Trinajstić information content (AvgIpc) is 3.22. The Morgan fingerprint density at radius 3 is 2.34 bits per heavy atom. The largest absolute Gasteiger partial charge is 0.354 e. The second kappa shape index (κ2) is 9.56. The molecule has 29 heavy (non-hydrogen) atoms. The molecule has 0 saturated carbocycles. The van der Waals surface area contributed by atoms with Crippen LogP contribution < -0.4 is 10.6 Å². The van der Waals surface area contributed by atoms with E-state index in [4.69, 9.17) is 11.6 Å². The van der Waals surface area contributed by atoms with Crippen molar-refractivity contribution in [3.05, 3.63) is 64.7 Å². The number of hydrogen-bond acceptors (Lipinski definition) is 3. The molecule has 0 radical (unpaired) electrons. The highest BCUT2D eigenvalue weighted by atomic mass is 35.5. The molecule has 1 aliphatic heterocycles. The van der Waals surface area contributed by atoms with Crippen LogP contribution in [0.25, 0.3) is 0 Å². The number of carbonyl (C=O) groups is 3. The number of halogens is 1. The quantitative estimate of drug-likeness (QED) is 0.757.